The quantitative estimate of drug-likeness (QED) is 0.741. The minimum absolute atomic E-state index is 0.484. The van der Waals surface area contributed by atoms with Crippen LogP contribution in [-0.2, 0) is 6.42 Å². The first-order chi connectivity index (χ1) is 8.45. The van der Waals surface area contributed by atoms with Gasteiger partial charge < -0.3 is 0 Å². The topological polar surface area (TPSA) is 0 Å². The summed E-state index contributed by atoms with van der Waals surface area (Å²) in [5.41, 5.74) is 1.42. The van der Waals surface area contributed by atoms with Crippen LogP contribution in [0.15, 0.2) is 71.7 Å². The Bertz CT molecular complexity index is 445. The Hall–Kier alpha value is -1.30. The van der Waals surface area contributed by atoms with Crippen molar-refractivity contribution in [1.29, 1.82) is 0 Å². The first-order valence-electron chi connectivity index (χ1n) is 5.86. The van der Waals surface area contributed by atoms with Gasteiger partial charge in [0.05, 0.1) is 0 Å². The van der Waals surface area contributed by atoms with Gasteiger partial charge in [0.2, 0.25) is 0 Å². The molecule has 0 fully saturated rings. The zero-order valence-corrected chi connectivity index (χ0v) is 11.5. The van der Waals surface area contributed by atoms with Crippen molar-refractivity contribution in [3.05, 3.63) is 77.3 Å². The molecule has 0 aliphatic heterocycles. The van der Waals surface area contributed by atoms with Gasteiger partial charge in [-0.05, 0) is 0 Å². The zero-order chi connectivity index (χ0) is 11.8. The molecule has 0 aliphatic carbocycles. The Morgan fingerprint density at radius 1 is 0.824 bits per heavy atom. The molecule has 0 unspecified atom stereocenters. The second-order valence-corrected chi connectivity index (χ2v) is 5.88. The summed E-state index contributed by atoms with van der Waals surface area (Å²) in [6.45, 7) is 0. The molecule has 0 saturated carbocycles. The molecule has 86 valence electrons. The van der Waals surface area contributed by atoms with Crippen molar-refractivity contribution in [1.82, 2.24) is 0 Å². The molecule has 0 aliphatic rings. The summed E-state index contributed by atoms with van der Waals surface area (Å²) in [4.78, 5) is 2.32. The summed E-state index contributed by atoms with van der Waals surface area (Å²) < 4.78 is 1.44. The molecule has 0 nitrogen and oxygen atoms in total. The predicted molar refractivity (Wildman–Crippen MR) is 75.7 cm³/mol. The number of aryl methyl sites for hydroxylation is 1. The number of allylic oxidation sites excluding steroid dienone is 1. The number of benzene rings is 2. The van der Waals surface area contributed by atoms with Crippen LogP contribution in [0, 0.1) is 0 Å². The van der Waals surface area contributed by atoms with Crippen LogP contribution in [0.1, 0.15) is 12.0 Å². The van der Waals surface area contributed by atoms with Gasteiger partial charge >= 0.3 is 110 Å². The third kappa shape index (κ3) is 4.60. The maximum atomic E-state index is 2.32. The molecule has 0 amide bonds. The summed E-state index contributed by atoms with van der Waals surface area (Å²) in [6, 6.07) is 21.3. The summed E-state index contributed by atoms with van der Waals surface area (Å²) in [5, 5.41) is 0. The maximum absolute atomic E-state index is 2.32. The fourth-order valence-electron chi connectivity index (χ4n) is 1.59. The zero-order valence-electron chi connectivity index (χ0n) is 9.75. The molecule has 0 N–H and O–H groups in total. The van der Waals surface area contributed by atoms with Crippen molar-refractivity contribution in [2.45, 2.75) is 12.8 Å². The van der Waals surface area contributed by atoms with E-state index < -0.39 is 0 Å². The molecule has 0 atom stereocenters. The van der Waals surface area contributed by atoms with Crippen LogP contribution in [0.2, 0.25) is 0 Å². The van der Waals surface area contributed by atoms with Gasteiger partial charge in [-0.2, -0.15) is 0 Å². The average molecular weight is 287 g/mol. The summed E-state index contributed by atoms with van der Waals surface area (Å²) >= 11 is 0.484. The molecule has 1 heteroatoms. The van der Waals surface area contributed by atoms with Crippen LogP contribution in [0.4, 0.5) is 0 Å². The Labute approximate surface area is 110 Å². The SMILES string of the molecule is C(=C[Se]c1ccccc1)CCc1ccccc1. The van der Waals surface area contributed by atoms with Crippen molar-refractivity contribution in [2.24, 2.45) is 0 Å². The van der Waals surface area contributed by atoms with E-state index in [2.05, 4.69) is 71.7 Å². The van der Waals surface area contributed by atoms with Crippen molar-refractivity contribution >= 4 is 19.4 Å². The van der Waals surface area contributed by atoms with Gasteiger partial charge in [-0.15, -0.1) is 0 Å². The second-order valence-electron chi connectivity index (χ2n) is 3.83. The van der Waals surface area contributed by atoms with E-state index in [1.807, 2.05) is 0 Å². The number of rotatable bonds is 5. The van der Waals surface area contributed by atoms with E-state index in [-0.39, 0.29) is 0 Å². The molecule has 0 saturated heterocycles. The molecule has 17 heavy (non-hydrogen) atoms. The van der Waals surface area contributed by atoms with Crippen molar-refractivity contribution < 1.29 is 0 Å². The van der Waals surface area contributed by atoms with Crippen LogP contribution in [-0.4, -0.2) is 15.0 Å². The number of hydrogen-bond donors (Lipinski definition) is 0. The van der Waals surface area contributed by atoms with E-state index in [1.165, 1.54) is 10.0 Å². The summed E-state index contributed by atoms with van der Waals surface area (Å²) in [6.07, 6.45) is 4.58. The van der Waals surface area contributed by atoms with Crippen LogP contribution in [0.5, 0.6) is 0 Å². The van der Waals surface area contributed by atoms with Gasteiger partial charge in [-0.3, -0.25) is 0 Å². The second kappa shape index (κ2) is 7.11. The molecule has 0 heterocycles. The van der Waals surface area contributed by atoms with Crippen LogP contribution < -0.4 is 4.46 Å². The van der Waals surface area contributed by atoms with E-state index in [9.17, 15) is 0 Å². The molecular weight excluding hydrogens is 271 g/mol. The fourth-order valence-corrected chi connectivity index (χ4v) is 3.06. The molecule has 2 aromatic carbocycles. The van der Waals surface area contributed by atoms with Gasteiger partial charge in [0, 0.05) is 0 Å². The van der Waals surface area contributed by atoms with Crippen LogP contribution in [0.3, 0.4) is 0 Å². The van der Waals surface area contributed by atoms with Crippen molar-refractivity contribution in [3.63, 3.8) is 0 Å². The molecule has 2 rings (SSSR count). The Morgan fingerprint density at radius 3 is 2.18 bits per heavy atom. The standard InChI is InChI=1S/C16H16Se/c1-3-9-15(10-4-1)11-7-8-14-17-16-12-5-2-6-13-16/h1-6,8-10,12-14H,7,11H2. The Kier molecular flexibility index (Phi) is 5.09. The van der Waals surface area contributed by atoms with E-state index in [1.54, 1.807) is 0 Å². The molecule has 2 aromatic rings. The molecular formula is C16H16Se. The molecule has 0 radical (unpaired) electrons. The van der Waals surface area contributed by atoms with Crippen molar-refractivity contribution in [3.8, 4) is 0 Å². The summed E-state index contributed by atoms with van der Waals surface area (Å²) in [7, 11) is 0. The van der Waals surface area contributed by atoms with Gasteiger partial charge in [-0.1, -0.05) is 0 Å². The van der Waals surface area contributed by atoms with Gasteiger partial charge in [0.1, 0.15) is 0 Å². The van der Waals surface area contributed by atoms with Crippen LogP contribution >= 0.6 is 0 Å². The van der Waals surface area contributed by atoms with E-state index >= 15 is 0 Å². The van der Waals surface area contributed by atoms with E-state index in [0.717, 1.165) is 12.8 Å². The molecule has 0 spiro atoms. The first-order valence-corrected chi connectivity index (χ1v) is 7.70. The monoisotopic (exact) mass is 288 g/mol. The van der Waals surface area contributed by atoms with Crippen LogP contribution in [0.25, 0.3) is 0 Å². The summed E-state index contributed by atoms with van der Waals surface area (Å²) in [5.74, 6) is 0. The molecule has 0 aromatic heterocycles. The first kappa shape index (κ1) is 12.2. The number of hydrogen-bond acceptors (Lipinski definition) is 0. The van der Waals surface area contributed by atoms with Gasteiger partial charge in [-0.25, -0.2) is 0 Å². The van der Waals surface area contributed by atoms with E-state index in [0.29, 0.717) is 15.0 Å². The Morgan fingerprint density at radius 2 is 1.47 bits per heavy atom. The fraction of sp³-hybridized carbons (Fsp3) is 0.125. The predicted octanol–water partition coefficient (Wildman–Crippen LogP) is 3.16. The normalized spacial score (nSPS) is 10.8. The third-order valence-electron chi connectivity index (χ3n) is 2.49. The van der Waals surface area contributed by atoms with Gasteiger partial charge in [0.25, 0.3) is 0 Å². The third-order valence-corrected chi connectivity index (χ3v) is 4.32. The molecule has 0 bridgehead atoms. The average Bonchev–Trinajstić information content (AvgIpc) is 2.41. The minimum atomic E-state index is 0.484. The van der Waals surface area contributed by atoms with Gasteiger partial charge in [0.15, 0.2) is 0 Å². The Balaban J connectivity index is 1.72. The van der Waals surface area contributed by atoms with E-state index in [4.69, 9.17) is 0 Å². The van der Waals surface area contributed by atoms with Crippen molar-refractivity contribution in [2.75, 3.05) is 0 Å².